The molecule has 2 N–H and O–H groups in total. The minimum Gasteiger partial charge on any atom is -0.388 e. The van der Waals surface area contributed by atoms with Crippen LogP contribution >= 0.6 is 11.6 Å². The van der Waals surface area contributed by atoms with Gasteiger partial charge in [-0.1, -0.05) is 18.5 Å². The van der Waals surface area contributed by atoms with E-state index in [4.69, 9.17) is 11.6 Å². The molecule has 1 rings (SSSR count). The summed E-state index contributed by atoms with van der Waals surface area (Å²) >= 11 is 5.65. The Hall–Kier alpha value is -1.66. The van der Waals surface area contributed by atoms with E-state index < -0.39 is 16.4 Å². The molecule has 0 aliphatic carbocycles. The standard InChI is InChI=1S/C12H15ClN2O4/c1-3-12(2,17)7-14-11(16)8-4-5-9(13)10(6-8)15(18)19/h4-6,17H,3,7H2,1-2H3,(H,14,16). The lowest BCUT2D eigenvalue weighted by atomic mass is 10.0. The summed E-state index contributed by atoms with van der Waals surface area (Å²) in [6.07, 6.45) is 0.480. The second kappa shape index (κ2) is 5.99. The van der Waals surface area contributed by atoms with Gasteiger partial charge in [0.1, 0.15) is 5.02 Å². The van der Waals surface area contributed by atoms with Gasteiger partial charge < -0.3 is 10.4 Å². The number of hydrogen-bond donors (Lipinski definition) is 2. The third-order valence-corrected chi connectivity index (χ3v) is 3.12. The lowest BCUT2D eigenvalue weighted by molar-refractivity contribution is -0.384. The average Bonchev–Trinajstić information content (AvgIpc) is 2.36. The smallest absolute Gasteiger partial charge is 0.288 e. The molecular formula is C12H15ClN2O4. The molecule has 1 aromatic rings. The predicted molar refractivity (Wildman–Crippen MR) is 71.4 cm³/mol. The fourth-order valence-electron chi connectivity index (χ4n) is 1.29. The van der Waals surface area contributed by atoms with Crippen LogP contribution in [0.4, 0.5) is 5.69 Å². The number of carbonyl (C=O) groups excluding carboxylic acids is 1. The summed E-state index contributed by atoms with van der Waals surface area (Å²) < 4.78 is 0. The summed E-state index contributed by atoms with van der Waals surface area (Å²) in [6, 6.07) is 3.80. The van der Waals surface area contributed by atoms with E-state index in [9.17, 15) is 20.0 Å². The topological polar surface area (TPSA) is 92.5 Å². The van der Waals surface area contributed by atoms with Crippen molar-refractivity contribution < 1.29 is 14.8 Å². The first-order chi connectivity index (χ1) is 8.76. The molecule has 0 saturated carbocycles. The van der Waals surface area contributed by atoms with Gasteiger partial charge in [0, 0.05) is 18.2 Å². The first kappa shape index (κ1) is 15.4. The lowest BCUT2D eigenvalue weighted by Crippen LogP contribution is -2.40. The van der Waals surface area contributed by atoms with Crippen LogP contribution < -0.4 is 5.32 Å². The number of aliphatic hydroxyl groups is 1. The fourth-order valence-corrected chi connectivity index (χ4v) is 1.48. The van der Waals surface area contributed by atoms with Crippen molar-refractivity contribution in [3.63, 3.8) is 0 Å². The van der Waals surface area contributed by atoms with Gasteiger partial charge in [-0.25, -0.2) is 0 Å². The highest BCUT2D eigenvalue weighted by Crippen LogP contribution is 2.25. The van der Waals surface area contributed by atoms with Gasteiger partial charge in [0.15, 0.2) is 0 Å². The number of rotatable bonds is 5. The summed E-state index contributed by atoms with van der Waals surface area (Å²) in [4.78, 5) is 21.9. The van der Waals surface area contributed by atoms with Crippen LogP contribution in [0, 0.1) is 10.1 Å². The maximum Gasteiger partial charge on any atom is 0.288 e. The highest BCUT2D eigenvalue weighted by Gasteiger charge is 2.20. The molecule has 0 spiro atoms. The van der Waals surface area contributed by atoms with Gasteiger partial charge in [0.05, 0.1) is 10.5 Å². The van der Waals surface area contributed by atoms with Crippen LogP contribution in [0.25, 0.3) is 0 Å². The van der Waals surface area contributed by atoms with Gasteiger partial charge in [-0.05, 0) is 25.5 Å². The molecule has 0 aliphatic rings. The van der Waals surface area contributed by atoms with E-state index in [0.29, 0.717) is 6.42 Å². The molecule has 0 heterocycles. The third-order valence-electron chi connectivity index (χ3n) is 2.80. The SMILES string of the molecule is CCC(C)(O)CNC(=O)c1ccc(Cl)c([N+](=O)[O-])c1. The van der Waals surface area contributed by atoms with Crippen molar-refractivity contribution in [2.24, 2.45) is 0 Å². The quantitative estimate of drug-likeness (QED) is 0.640. The molecule has 1 amide bonds. The Balaban J connectivity index is 2.84. The molecule has 1 atom stereocenters. The maximum atomic E-state index is 11.8. The van der Waals surface area contributed by atoms with E-state index in [1.807, 2.05) is 0 Å². The van der Waals surface area contributed by atoms with Gasteiger partial charge in [-0.3, -0.25) is 14.9 Å². The molecule has 6 nitrogen and oxygen atoms in total. The first-order valence-corrected chi connectivity index (χ1v) is 6.09. The van der Waals surface area contributed by atoms with E-state index in [2.05, 4.69) is 5.32 Å². The van der Waals surface area contributed by atoms with Gasteiger partial charge in [0.25, 0.3) is 11.6 Å². The van der Waals surface area contributed by atoms with Crippen LogP contribution in [0.2, 0.25) is 5.02 Å². The second-order valence-corrected chi connectivity index (χ2v) is 4.86. The zero-order chi connectivity index (χ0) is 14.6. The molecule has 7 heteroatoms. The Labute approximate surface area is 115 Å². The molecule has 104 valence electrons. The molecule has 0 aromatic heterocycles. The number of nitro benzene ring substituents is 1. The number of amides is 1. The monoisotopic (exact) mass is 286 g/mol. The molecule has 1 unspecified atom stereocenters. The van der Waals surface area contributed by atoms with Crippen molar-refractivity contribution >= 4 is 23.2 Å². The van der Waals surface area contributed by atoms with Crippen molar-refractivity contribution in [3.8, 4) is 0 Å². The Morgan fingerprint density at radius 2 is 2.21 bits per heavy atom. The van der Waals surface area contributed by atoms with E-state index in [0.717, 1.165) is 6.07 Å². The summed E-state index contributed by atoms with van der Waals surface area (Å²) in [7, 11) is 0. The Bertz CT molecular complexity index is 503. The second-order valence-electron chi connectivity index (χ2n) is 4.46. The molecule has 19 heavy (non-hydrogen) atoms. The van der Waals surface area contributed by atoms with E-state index >= 15 is 0 Å². The Morgan fingerprint density at radius 1 is 1.58 bits per heavy atom. The highest BCUT2D eigenvalue weighted by molar-refractivity contribution is 6.32. The molecule has 0 saturated heterocycles. The number of halogens is 1. The summed E-state index contributed by atoms with van der Waals surface area (Å²) in [5.41, 5.74) is -1.20. The van der Waals surface area contributed by atoms with E-state index in [-0.39, 0.29) is 22.8 Å². The first-order valence-electron chi connectivity index (χ1n) is 5.71. The highest BCUT2D eigenvalue weighted by atomic mass is 35.5. The van der Waals surface area contributed by atoms with Crippen molar-refractivity contribution in [2.45, 2.75) is 25.9 Å². The normalized spacial score (nSPS) is 13.7. The zero-order valence-electron chi connectivity index (χ0n) is 10.6. The van der Waals surface area contributed by atoms with Gasteiger partial charge in [-0.15, -0.1) is 0 Å². The molecule has 1 aromatic carbocycles. The molecule has 0 fully saturated rings. The lowest BCUT2D eigenvalue weighted by Gasteiger charge is -2.21. The number of benzene rings is 1. The number of carbonyl (C=O) groups is 1. The van der Waals surface area contributed by atoms with Crippen LogP contribution in [-0.2, 0) is 0 Å². The number of nitrogens with one attached hydrogen (secondary N) is 1. The largest absolute Gasteiger partial charge is 0.388 e. The fraction of sp³-hybridized carbons (Fsp3) is 0.417. The number of nitrogens with zero attached hydrogens (tertiary/aromatic N) is 1. The minimum atomic E-state index is -1.01. The summed E-state index contributed by atoms with van der Waals surface area (Å²) in [6.45, 7) is 3.45. The molecular weight excluding hydrogens is 272 g/mol. The Morgan fingerprint density at radius 3 is 2.74 bits per heavy atom. The van der Waals surface area contributed by atoms with Crippen molar-refractivity contribution in [3.05, 3.63) is 38.9 Å². The predicted octanol–water partition coefficient (Wildman–Crippen LogP) is 2.14. The van der Waals surface area contributed by atoms with Gasteiger partial charge in [-0.2, -0.15) is 0 Å². The van der Waals surface area contributed by atoms with Crippen LogP contribution in [0.5, 0.6) is 0 Å². The molecule has 0 bridgehead atoms. The third kappa shape index (κ3) is 4.18. The maximum absolute atomic E-state index is 11.8. The van der Waals surface area contributed by atoms with Crippen LogP contribution in [0.15, 0.2) is 18.2 Å². The summed E-state index contributed by atoms with van der Waals surface area (Å²) in [5, 5.41) is 23.0. The molecule has 0 radical (unpaired) electrons. The minimum absolute atomic E-state index is 0.0258. The summed E-state index contributed by atoms with van der Waals surface area (Å²) in [5.74, 6) is -0.492. The number of hydrogen-bond acceptors (Lipinski definition) is 4. The van der Waals surface area contributed by atoms with Crippen molar-refractivity contribution in [1.29, 1.82) is 0 Å². The van der Waals surface area contributed by atoms with Crippen molar-refractivity contribution in [2.75, 3.05) is 6.54 Å². The van der Waals surface area contributed by atoms with Crippen LogP contribution in [0.1, 0.15) is 30.6 Å². The van der Waals surface area contributed by atoms with Crippen LogP contribution in [-0.4, -0.2) is 28.1 Å². The van der Waals surface area contributed by atoms with Gasteiger partial charge in [0.2, 0.25) is 0 Å². The van der Waals surface area contributed by atoms with Crippen LogP contribution in [0.3, 0.4) is 0 Å². The molecule has 0 aliphatic heterocycles. The number of nitro groups is 1. The average molecular weight is 287 g/mol. The van der Waals surface area contributed by atoms with E-state index in [1.54, 1.807) is 13.8 Å². The van der Waals surface area contributed by atoms with Gasteiger partial charge >= 0.3 is 0 Å². The zero-order valence-corrected chi connectivity index (χ0v) is 11.4. The van der Waals surface area contributed by atoms with E-state index in [1.165, 1.54) is 12.1 Å². The van der Waals surface area contributed by atoms with Crippen molar-refractivity contribution in [1.82, 2.24) is 5.32 Å². The Kier molecular flexibility index (Phi) is 4.85.